The van der Waals surface area contributed by atoms with Gasteiger partial charge in [0.15, 0.2) is 11.0 Å². The molecule has 0 amide bonds. The summed E-state index contributed by atoms with van der Waals surface area (Å²) in [6.07, 6.45) is 3.85. The highest BCUT2D eigenvalue weighted by Gasteiger charge is 2.13. The van der Waals surface area contributed by atoms with Gasteiger partial charge in [-0.3, -0.25) is 0 Å². The fourth-order valence-electron chi connectivity index (χ4n) is 2.31. The Kier molecular flexibility index (Phi) is 3.74. The number of halogens is 2. The molecule has 0 radical (unpaired) electrons. The largest absolute Gasteiger partial charge is 0.456 e. The van der Waals surface area contributed by atoms with Gasteiger partial charge in [-0.1, -0.05) is 17.7 Å². The average molecular weight is 293 g/mol. The Labute approximate surface area is 122 Å². The molecule has 1 aliphatic heterocycles. The maximum Gasteiger partial charge on any atom is 0.164 e. The number of aromatic nitrogens is 1. The second-order valence-electron chi connectivity index (χ2n) is 4.74. The van der Waals surface area contributed by atoms with Crippen molar-refractivity contribution in [1.82, 2.24) is 4.98 Å². The van der Waals surface area contributed by atoms with Crippen molar-refractivity contribution in [2.24, 2.45) is 0 Å². The molecule has 0 N–H and O–H groups in total. The normalized spacial score (nSPS) is 14.6. The van der Waals surface area contributed by atoms with Crippen molar-refractivity contribution in [2.45, 2.75) is 12.8 Å². The molecule has 5 heteroatoms. The lowest BCUT2D eigenvalue weighted by molar-refractivity contribution is 0.473. The molecule has 2 aromatic rings. The number of ether oxygens (including phenoxy) is 1. The smallest absolute Gasteiger partial charge is 0.164 e. The number of benzene rings is 1. The Hall–Kier alpha value is -1.81. The van der Waals surface area contributed by atoms with E-state index in [1.54, 1.807) is 0 Å². The van der Waals surface area contributed by atoms with E-state index in [0.717, 1.165) is 18.8 Å². The molecule has 1 saturated heterocycles. The molecule has 1 aliphatic rings. The first-order chi connectivity index (χ1) is 9.72. The Morgan fingerprint density at radius 1 is 1.15 bits per heavy atom. The molecule has 20 heavy (non-hydrogen) atoms. The lowest BCUT2D eigenvalue weighted by Gasteiger charge is -2.18. The number of nitrogens with zero attached hydrogens (tertiary/aromatic N) is 2. The molecule has 0 bridgehead atoms. The molecule has 3 rings (SSSR count). The van der Waals surface area contributed by atoms with E-state index in [-0.39, 0.29) is 5.15 Å². The highest BCUT2D eigenvalue weighted by molar-refractivity contribution is 6.29. The maximum atomic E-state index is 13.3. The first kappa shape index (κ1) is 13.2. The van der Waals surface area contributed by atoms with Crippen LogP contribution < -0.4 is 9.64 Å². The van der Waals surface area contributed by atoms with Gasteiger partial charge < -0.3 is 9.64 Å². The van der Waals surface area contributed by atoms with Gasteiger partial charge in [-0.05, 0) is 25.0 Å². The highest BCUT2D eigenvalue weighted by atomic mass is 35.5. The van der Waals surface area contributed by atoms with E-state index in [1.807, 2.05) is 18.2 Å². The van der Waals surface area contributed by atoms with Crippen molar-refractivity contribution in [3.63, 3.8) is 0 Å². The van der Waals surface area contributed by atoms with Gasteiger partial charge in [0, 0.05) is 30.9 Å². The predicted octanol–water partition coefficient (Wildman–Crippen LogP) is 4.27. The molecular formula is C15H14ClFN2O. The van der Waals surface area contributed by atoms with Crippen molar-refractivity contribution in [1.29, 1.82) is 0 Å². The van der Waals surface area contributed by atoms with Crippen molar-refractivity contribution in [3.05, 3.63) is 47.5 Å². The van der Waals surface area contributed by atoms with Crippen LogP contribution in [0.4, 0.5) is 10.1 Å². The summed E-state index contributed by atoms with van der Waals surface area (Å²) in [5, 5.41) is -0.150. The number of hydrogen-bond acceptors (Lipinski definition) is 3. The van der Waals surface area contributed by atoms with Gasteiger partial charge in [0.2, 0.25) is 0 Å². The molecular weight excluding hydrogens is 279 g/mol. The first-order valence-corrected chi connectivity index (χ1v) is 6.94. The van der Waals surface area contributed by atoms with Gasteiger partial charge >= 0.3 is 0 Å². The molecule has 104 valence electrons. The zero-order chi connectivity index (χ0) is 13.9. The molecule has 0 aliphatic carbocycles. The third-order valence-corrected chi connectivity index (χ3v) is 3.57. The van der Waals surface area contributed by atoms with Crippen LogP contribution in [0.5, 0.6) is 11.5 Å². The topological polar surface area (TPSA) is 25.4 Å². The molecule has 2 heterocycles. The van der Waals surface area contributed by atoms with Gasteiger partial charge in [0.05, 0.1) is 6.20 Å². The third-order valence-electron chi connectivity index (χ3n) is 3.30. The molecule has 3 nitrogen and oxygen atoms in total. The van der Waals surface area contributed by atoms with E-state index in [2.05, 4.69) is 16.0 Å². The molecule has 1 fully saturated rings. The molecule has 0 spiro atoms. The van der Waals surface area contributed by atoms with E-state index in [9.17, 15) is 4.39 Å². The lowest BCUT2D eigenvalue weighted by Crippen LogP contribution is -2.17. The van der Waals surface area contributed by atoms with Crippen LogP contribution in [-0.4, -0.2) is 18.1 Å². The number of anilines is 1. The minimum Gasteiger partial charge on any atom is -0.456 e. The maximum absolute atomic E-state index is 13.3. The van der Waals surface area contributed by atoms with E-state index >= 15 is 0 Å². The molecule has 0 atom stereocenters. The summed E-state index contributed by atoms with van der Waals surface area (Å²) in [4.78, 5) is 6.04. The van der Waals surface area contributed by atoms with Gasteiger partial charge in [-0.15, -0.1) is 0 Å². The fourth-order valence-corrected chi connectivity index (χ4v) is 2.42. The Morgan fingerprint density at radius 3 is 2.70 bits per heavy atom. The molecule has 0 unspecified atom stereocenters. The number of rotatable bonds is 3. The van der Waals surface area contributed by atoms with Crippen LogP contribution in [-0.2, 0) is 0 Å². The van der Waals surface area contributed by atoms with Crippen molar-refractivity contribution in [3.8, 4) is 11.5 Å². The van der Waals surface area contributed by atoms with Crippen LogP contribution in [0, 0.1) is 5.82 Å². The summed E-state index contributed by atoms with van der Waals surface area (Å²) < 4.78 is 19.0. The number of pyridine rings is 1. The van der Waals surface area contributed by atoms with E-state index in [1.165, 1.54) is 25.1 Å². The quantitative estimate of drug-likeness (QED) is 0.790. The summed E-state index contributed by atoms with van der Waals surface area (Å²) in [6, 6.07) is 9.02. The van der Waals surface area contributed by atoms with Crippen molar-refractivity contribution < 1.29 is 9.13 Å². The fraction of sp³-hybridized carbons (Fsp3) is 0.267. The van der Waals surface area contributed by atoms with Crippen LogP contribution in [0.1, 0.15) is 12.8 Å². The summed E-state index contributed by atoms with van der Waals surface area (Å²) >= 11 is 5.55. The van der Waals surface area contributed by atoms with E-state index in [0.29, 0.717) is 11.5 Å². The standard InChI is InChI=1S/C15H14ClFN2O/c16-15-14(17)9-13(10-18-15)20-12-5-3-4-11(8-12)19-6-1-2-7-19/h3-5,8-10H,1-2,6-7H2. The Balaban J connectivity index is 1.79. The number of hydrogen-bond donors (Lipinski definition) is 0. The summed E-state index contributed by atoms with van der Waals surface area (Å²) in [6.45, 7) is 2.14. The Morgan fingerprint density at radius 2 is 1.95 bits per heavy atom. The zero-order valence-electron chi connectivity index (χ0n) is 10.9. The minimum absolute atomic E-state index is 0.150. The molecule has 1 aromatic heterocycles. The van der Waals surface area contributed by atoms with Crippen LogP contribution in [0.3, 0.4) is 0 Å². The van der Waals surface area contributed by atoms with Crippen LogP contribution in [0.15, 0.2) is 36.5 Å². The van der Waals surface area contributed by atoms with Gasteiger partial charge in [-0.25, -0.2) is 9.37 Å². The second-order valence-corrected chi connectivity index (χ2v) is 5.10. The monoisotopic (exact) mass is 292 g/mol. The average Bonchev–Trinajstić information content (AvgIpc) is 2.97. The van der Waals surface area contributed by atoms with Crippen LogP contribution >= 0.6 is 11.6 Å². The minimum atomic E-state index is -0.583. The first-order valence-electron chi connectivity index (χ1n) is 6.56. The van der Waals surface area contributed by atoms with Gasteiger partial charge in [-0.2, -0.15) is 0 Å². The van der Waals surface area contributed by atoms with Gasteiger partial charge in [0.1, 0.15) is 11.5 Å². The third kappa shape index (κ3) is 2.85. The van der Waals surface area contributed by atoms with Crippen LogP contribution in [0.2, 0.25) is 5.15 Å². The zero-order valence-corrected chi connectivity index (χ0v) is 11.6. The molecule has 1 aromatic carbocycles. The second kappa shape index (κ2) is 5.67. The highest BCUT2D eigenvalue weighted by Crippen LogP contribution is 2.28. The van der Waals surface area contributed by atoms with Crippen LogP contribution in [0.25, 0.3) is 0 Å². The summed E-state index contributed by atoms with van der Waals surface area (Å²) in [5.41, 5.74) is 1.13. The van der Waals surface area contributed by atoms with Crippen molar-refractivity contribution >= 4 is 17.3 Å². The summed E-state index contributed by atoms with van der Waals surface area (Å²) in [7, 11) is 0. The van der Waals surface area contributed by atoms with E-state index < -0.39 is 5.82 Å². The lowest BCUT2D eigenvalue weighted by atomic mass is 10.3. The predicted molar refractivity (Wildman–Crippen MR) is 77.2 cm³/mol. The Bertz CT molecular complexity index is 615. The van der Waals surface area contributed by atoms with Crippen molar-refractivity contribution in [2.75, 3.05) is 18.0 Å². The molecule has 0 saturated carbocycles. The summed E-state index contributed by atoms with van der Waals surface area (Å²) in [5.74, 6) is 0.420. The SMILES string of the molecule is Fc1cc(Oc2cccc(N3CCCC3)c2)cnc1Cl. The van der Waals surface area contributed by atoms with E-state index in [4.69, 9.17) is 16.3 Å². The van der Waals surface area contributed by atoms with Gasteiger partial charge in [0.25, 0.3) is 0 Å².